The van der Waals surface area contributed by atoms with Crippen LogP contribution >= 0.6 is 0 Å². The number of nitrogens with one attached hydrogen (secondary N) is 1. The summed E-state index contributed by atoms with van der Waals surface area (Å²) in [5.74, 6) is -0.329. The van der Waals surface area contributed by atoms with Crippen LogP contribution in [0.15, 0.2) is 59.5 Å². The first-order valence-electron chi connectivity index (χ1n) is 7.34. The van der Waals surface area contributed by atoms with Gasteiger partial charge in [0, 0.05) is 12.7 Å². The predicted molar refractivity (Wildman–Crippen MR) is 90.9 cm³/mol. The number of nitrogens with zero attached hydrogens (tertiary/aromatic N) is 1. The molecule has 23 heavy (non-hydrogen) atoms. The van der Waals surface area contributed by atoms with Crippen molar-refractivity contribution in [1.82, 2.24) is 4.72 Å². The largest absolute Gasteiger partial charge is 0.314 e. The van der Waals surface area contributed by atoms with E-state index >= 15 is 0 Å². The van der Waals surface area contributed by atoms with Crippen LogP contribution < -0.4 is 9.62 Å². The number of sulfonamides is 1. The Hall–Kier alpha value is -2.18. The zero-order valence-electron chi connectivity index (χ0n) is 13.2. The quantitative estimate of drug-likeness (QED) is 0.882. The Morgan fingerprint density at radius 1 is 1.04 bits per heavy atom. The molecule has 0 atom stereocenters. The fourth-order valence-electron chi connectivity index (χ4n) is 2.06. The molecule has 0 radical (unpaired) electrons. The average Bonchev–Trinajstić information content (AvgIpc) is 2.60. The van der Waals surface area contributed by atoms with E-state index in [-0.39, 0.29) is 17.3 Å². The topological polar surface area (TPSA) is 66.5 Å². The Balaban J connectivity index is 2.02. The first kappa shape index (κ1) is 17.2. The maximum atomic E-state index is 12.2. The Labute approximate surface area is 137 Å². The Kier molecular flexibility index (Phi) is 5.52. The van der Waals surface area contributed by atoms with Gasteiger partial charge in [0.1, 0.15) is 0 Å². The molecular formula is C17H20N2O3S. The van der Waals surface area contributed by atoms with Gasteiger partial charge in [0.15, 0.2) is 0 Å². The summed E-state index contributed by atoms with van der Waals surface area (Å²) in [6, 6.07) is 15.7. The molecular weight excluding hydrogens is 312 g/mol. The first-order chi connectivity index (χ1) is 10.9. The van der Waals surface area contributed by atoms with Crippen molar-refractivity contribution in [3.8, 4) is 0 Å². The van der Waals surface area contributed by atoms with E-state index in [1.807, 2.05) is 25.1 Å². The van der Waals surface area contributed by atoms with E-state index in [9.17, 15) is 13.2 Å². The molecule has 0 aliphatic carbocycles. The average molecular weight is 332 g/mol. The van der Waals surface area contributed by atoms with Crippen LogP contribution in [0.25, 0.3) is 0 Å². The number of benzene rings is 2. The minimum Gasteiger partial charge on any atom is -0.314 e. The number of hydrogen-bond acceptors (Lipinski definition) is 3. The third-order valence-corrected chi connectivity index (χ3v) is 4.99. The van der Waals surface area contributed by atoms with Crippen LogP contribution in [0, 0.1) is 0 Å². The van der Waals surface area contributed by atoms with Gasteiger partial charge in [-0.3, -0.25) is 4.79 Å². The van der Waals surface area contributed by atoms with Crippen LogP contribution in [0.1, 0.15) is 12.5 Å². The normalized spacial score (nSPS) is 11.2. The number of likely N-dealkylation sites (N-methyl/N-ethyl adjacent to an activating group) is 1. The number of carbonyl (C=O) groups is 1. The molecule has 0 bridgehead atoms. The summed E-state index contributed by atoms with van der Waals surface area (Å²) < 4.78 is 26.8. The molecule has 0 aliphatic heterocycles. The lowest BCUT2D eigenvalue weighted by Crippen LogP contribution is -2.38. The summed E-state index contributed by atoms with van der Waals surface area (Å²) in [7, 11) is -2.08. The van der Waals surface area contributed by atoms with Gasteiger partial charge >= 0.3 is 0 Å². The molecule has 0 saturated heterocycles. The van der Waals surface area contributed by atoms with E-state index in [4.69, 9.17) is 0 Å². The minimum absolute atomic E-state index is 0.157. The van der Waals surface area contributed by atoms with E-state index in [1.165, 1.54) is 4.90 Å². The molecule has 0 fully saturated rings. The molecule has 0 aromatic heterocycles. The summed E-state index contributed by atoms with van der Waals surface area (Å²) in [5, 5.41) is 0. The molecule has 0 heterocycles. The predicted octanol–water partition coefficient (Wildman–Crippen LogP) is 2.19. The molecule has 2 aromatic rings. The summed E-state index contributed by atoms with van der Waals surface area (Å²) in [6.45, 7) is 1.71. The fraction of sp³-hybridized carbons (Fsp3) is 0.235. The third kappa shape index (κ3) is 4.40. The van der Waals surface area contributed by atoms with Gasteiger partial charge in [0.25, 0.3) is 0 Å². The number of carbonyl (C=O) groups excluding carboxylic acids is 1. The highest BCUT2D eigenvalue weighted by Crippen LogP contribution is 2.12. The van der Waals surface area contributed by atoms with Gasteiger partial charge in [-0.1, -0.05) is 37.3 Å². The van der Waals surface area contributed by atoms with Crippen molar-refractivity contribution in [3.05, 3.63) is 60.2 Å². The lowest BCUT2D eigenvalue weighted by Gasteiger charge is -2.17. The summed E-state index contributed by atoms with van der Waals surface area (Å²) in [6.07, 6.45) is 0.841. The van der Waals surface area contributed by atoms with Gasteiger partial charge in [-0.15, -0.1) is 0 Å². The second-order valence-electron chi connectivity index (χ2n) is 5.11. The molecule has 1 N–H and O–H groups in total. The number of para-hydroxylation sites is 1. The van der Waals surface area contributed by atoms with Crippen molar-refractivity contribution in [2.75, 3.05) is 18.5 Å². The van der Waals surface area contributed by atoms with Crippen LogP contribution in [0.5, 0.6) is 0 Å². The molecule has 0 saturated carbocycles. The van der Waals surface area contributed by atoms with E-state index in [0.717, 1.165) is 12.0 Å². The smallest absolute Gasteiger partial charge is 0.241 e. The highest BCUT2D eigenvalue weighted by Gasteiger charge is 2.17. The van der Waals surface area contributed by atoms with E-state index in [2.05, 4.69) is 4.72 Å². The number of rotatable bonds is 6. The van der Waals surface area contributed by atoms with Crippen molar-refractivity contribution in [2.45, 2.75) is 18.2 Å². The number of aryl methyl sites for hydroxylation is 1. The maximum Gasteiger partial charge on any atom is 0.241 e. The third-order valence-electron chi connectivity index (χ3n) is 3.57. The zero-order chi connectivity index (χ0) is 16.9. The Morgan fingerprint density at radius 2 is 1.65 bits per heavy atom. The van der Waals surface area contributed by atoms with E-state index < -0.39 is 10.0 Å². The van der Waals surface area contributed by atoms with Crippen molar-refractivity contribution in [2.24, 2.45) is 0 Å². The summed E-state index contributed by atoms with van der Waals surface area (Å²) >= 11 is 0. The standard InChI is InChI=1S/C17H20N2O3S/c1-3-14-9-11-16(12-10-14)23(21,22)18-13-17(20)19(2)15-7-5-4-6-8-15/h4-12,18H,3,13H2,1-2H3. The fourth-order valence-corrected chi connectivity index (χ4v) is 3.03. The van der Waals surface area contributed by atoms with Crippen LogP contribution in [0.2, 0.25) is 0 Å². The van der Waals surface area contributed by atoms with Gasteiger partial charge in [-0.25, -0.2) is 13.1 Å². The molecule has 0 spiro atoms. The van der Waals surface area contributed by atoms with Crippen molar-refractivity contribution in [3.63, 3.8) is 0 Å². The van der Waals surface area contributed by atoms with Crippen LogP contribution in [-0.4, -0.2) is 27.9 Å². The van der Waals surface area contributed by atoms with Gasteiger partial charge < -0.3 is 4.90 Å². The van der Waals surface area contributed by atoms with Gasteiger partial charge in [0.05, 0.1) is 11.4 Å². The second kappa shape index (κ2) is 7.39. The number of hydrogen-bond donors (Lipinski definition) is 1. The van der Waals surface area contributed by atoms with E-state index in [0.29, 0.717) is 5.69 Å². The number of anilines is 1. The second-order valence-corrected chi connectivity index (χ2v) is 6.88. The van der Waals surface area contributed by atoms with Gasteiger partial charge in [-0.05, 0) is 36.2 Å². The Morgan fingerprint density at radius 3 is 2.22 bits per heavy atom. The zero-order valence-corrected chi connectivity index (χ0v) is 14.0. The van der Waals surface area contributed by atoms with Crippen molar-refractivity contribution >= 4 is 21.6 Å². The molecule has 6 heteroatoms. The van der Waals surface area contributed by atoms with Gasteiger partial charge in [-0.2, -0.15) is 0 Å². The monoisotopic (exact) mass is 332 g/mol. The molecule has 2 rings (SSSR count). The SMILES string of the molecule is CCc1ccc(S(=O)(=O)NCC(=O)N(C)c2ccccc2)cc1. The molecule has 122 valence electrons. The molecule has 2 aromatic carbocycles. The van der Waals surface area contributed by atoms with Crippen LogP contribution in [0.3, 0.4) is 0 Å². The highest BCUT2D eigenvalue weighted by molar-refractivity contribution is 7.89. The van der Waals surface area contributed by atoms with Crippen molar-refractivity contribution < 1.29 is 13.2 Å². The summed E-state index contributed by atoms with van der Waals surface area (Å²) in [4.78, 5) is 13.7. The lowest BCUT2D eigenvalue weighted by atomic mass is 10.2. The first-order valence-corrected chi connectivity index (χ1v) is 8.82. The van der Waals surface area contributed by atoms with Crippen LogP contribution in [0.4, 0.5) is 5.69 Å². The minimum atomic E-state index is -3.69. The number of amides is 1. The van der Waals surface area contributed by atoms with Gasteiger partial charge in [0.2, 0.25) is 15.9 Å². The Bertz CT molecular complexity index is 756. The lowest BCUT2D eigenvalue weighted by molar-refractivity contribution is -0.117. The van der Waals surface area contributed by atoms with Crippen molar-refractivity contribution in [1.29, 1.82) is 0 Å². The molecule has 1 amide bonds. The molecule has 0 unspecified atom stereocenters. The molecule has 0 aliphatic rings. The maximum absolute atomic E-state index is 12.2. The highest BCUT2D eigenvalue weighted by atomic mass is 32.2. The summed E-state index contributed by atoms with van der Waals surface area (Å²) in [5.41, 5.74) is 1.77. The molecule has 5 nitrogen and oxygen atoms in total. The van der Waals surface area contributed by atoms with Crippen LogP contribution in [-0.2, 0) is 21.2 Å². The van der Waals surface area contributed by atoms with E-state index in [1.54, 1.807) is 43.4 Å².